The molecule has 0 saturated heterocycles. The number of hydrogen-bond donors (Lipinski definition) is 3. The molecule has 6 heteroatoms. The van der Waals surface area contributed by atoms with Gasteiger partial charge in [-0.2, -0.15) is 0 Å². The first-order valence-corrected chi connectivity index (χ1v) is 7.14. The van der Waals surface area contributed by atoms with Crippen molar-refractivity contribution < 1.29 is 4.39 Å². The van der Waals surface area contributed by atoms with Crippen LogP contribution >= 0.6 is 27.5 Å². The molecule has 1 atom stereocenters. The molecule has 0 aliphatic rings. The molecule has 0 amide bonds. The van der Waals surface area contributed by atoms with Crippen LogP contribution in [0.15, 0.2) is 40.9 Å². The summed E-state index contributed by atoms with van der Waals surface area (Å²) in [5.41, 5.74) is 10.8. The number of halogens is 3. The van der Waals surface area contributed by atoms with Gasteiger partial charge in [0, 0.05) is 10.7 Å². The van der Waals surface area contributed by atoms with Crippen molar-refractivity contribution in [1.29, 1.82) is 0 Å². The summed E-state index contributed by atoms with van der Waals surface area (Å²) in [6.45, 7) is 0. The third-order valence-corrected chi connectivity index (χ3v) is 4.20. The van der Waals surface area contributed by atoms with Crippen molar-refractivity contribution in [2.24, 2.45) is 5.84 Å². The first-order valence-electron chi connectivity index (χ1n) is 5.97. The quantitative estimate of drug-likeness (QED) is 0.445. The van der Waals surface area contributed by atoms with E-state index in [4.69, 9.17) is 23.2 Å². The minimum Gasteiger partial charge on any atom is -0.398 e. The van der Waals surface area contributed by atoms with E-state index in [1.54, 1.807) is 18.2 Å². The van der Waals surface area contributed by atoms with Gasteiger partial charge in [-0.3, -0.25) is 11.3 Å². The molecule has 0 aromatic heterocycles. The zero-order valence-corrected chi connectivity index (χ0v) is 12.9. The van der Waals surface area contributed by atoms with E-state index in [9.17, 15) is 4.39 Å². The maximum absolute atomic E-state index is 13.5. The van der Waals surface area contributed by atoms with Gasteiger partial charge < -0.3 is 5.73 Å². The van der Waals surface area contributed by atoms with Gasteiger partial charge in [0.05, 0.1) is 10.5 Å². The van der Waals surface area contributed by atoms with Crippen molar-refractivity contribution in [1.82, 2.24) is 5.43 Å². The second-order valence-corrected chi connectivity index (χ2v) is 5.64. The molecular formula is C14H14BrClFN3. The lowest BCUT2D eigenvalue weighted by Gasteiger charge is -2.19. The zero-order valence-electron chi connectivity index (χ0n) is 10.5. The first-order chi connectivity index (χ1) is 9.52. The third kappa shape index (κ3) is 3.30. The van der Waals surface area contributed by atoms with E-state index in [0.717, 1.165) is 11.1 Å². The summed E-state index contributed by atoms with van der Waals surface area (Å²) in [4.78, 5) is 0. The Hall–Kier alpha value is -1.14. The van der Waals surface area contributed by atoms with Crippen LogP contribution in [-0.2, 0) is 6.42 Å². The van der Waals surface area contributed by atoms with Gasteiger partial charge >= 0.3 is 0 Å². The highest BCUT2D eigenvalue weighted by Crippen LogP contribution is 2.29. The molecule has 0 aliphatic heterocycles. The number of hydrazine groups is 1. The molecular weight excluding hydrogens is 345 g/mol. The summed E-state index contributed by atoms with van der Waals surface area (Å²) in [6.07, 6.45) is 0.501. The fourth-order valence-electron chi connectivity index (χ4n) is 2.05. The summed E-state index contributed by atoms with van der Waals surface area (Å²) < 4.78 is 14.0. The van der Waals surface area contributed by atoms with Crippen LogP contribution < -0.4 is 17.0 Å². The maximum Gasteiger partial charge on any atom is 0.137 e. The number of rotatable bonds is 4. The second-order valence-electron chi connectivity index (χ2n) is 4.41. The van der Waals surface area contributed by atoms with Crippen LogP contribution in [0.3, 0.4) is 0 Å². The topological polar surface area (TPSA) is 64.1 Å². The van der Waals surface area contributed by atoms with Crippen LogP contribution in [-0.4, -0.2) is 0 Å². The standard InChI is InChI=1S/C14H14BrClFN3/c15-14-8(2-1-3-11(14)17)6-13(20-19)10-5-4-9(16)7-12(10)18/h1-5,7,13,20H,6,18-19H2. The summed E-state index contributed by atoms with van der Waals surface area (Å²) in [5.74, 6) is 5.30. The molecule has 2 rings (SSSR count). The summed E-state index contributed by atoms with van der Waals surface area (Å²) in [7, 11) is 0. The van der Waals surface area contributed by atoms with E-state index in [1.165, 1.54) is 6.07 Å². The molecule has 0 fully saturated rings. The Bertz CT molecular complexity index is 621. The van der Waals surface area contributed by atoms with Gasteiger partial charge in [0.1, 0.15) is 5.82 Å². The van der Waals surface area contributed by atoms with Crippen LogP contribution in [0.2, 0.25) is 5.02 Å². The van der Waals surface area contributed by atoms with Crippen molar-refractivity contribution in [3.8, 4) is 0 Å². The Balaban J connectivity index is 2.31. The van der Waals surface area contributed by atoms with Gasteiger partial charge in [0.2, 0.25) is 0 Å². The predicted molar refractivity (Wildman–Crippen MR) is 83.7 cm³/mol. The van der Waals surface area contributed by atoms with Crippen LogP contribution in [0.1, 0.15) is 17.2 Å². The monoisotopic (exact) mass is 357 g/mol. The van der Waals surface area contributed by atoms with Crippen molar-refractivity contribution in [3.63, 3.8) is 0 Å². The lowest BCUT2D eigenvalue weighted by molar-refractivity contribution is 0.548. The maximum atomic E-state index is 13.5. The van der Waals surface area contributed by atoms with Gasteiger partial charge in [-0.25, -0.2) is 4.39 Å². The normalized spacial score (nSPS) is 12.4. The summed E-state index contributed by atoms with van der Waals surface area (Å²) >= 11 is 9.13. The number of nitrogens with two attached hydrogens (primary N) is 2. The lowest BCUT2D eigenvalue weighted by Crippen LogP contribution is -2.30. The van der Waals surface area contributed by atoms with Crippen molar-refractivity contribution in [2.75, 3.05) is 5.73 Å². The highest BCUT2D eigenvalue weighted by molar-refractivity contribution is 9.10. The molecule has 5 N–H and O–H groups in total. The number of nitrogens with one attached hydrogen (secondary N) is 1. The highest BCUT2D eigenvalue weighted by atomic mass is 79.9. The molecule has 2 aromatic rings. The summed E-state index contributed by atoms with van der Waals surface area (Å²) in [5, 5.41) is 0.564. The van der Waals surface area contributed by atoms with Gasteiger partial charge in [0.15, 0.2) is 0 Å². The molecule has 0 heterocycles. The minimum absolute atomic E-state index is 0.231. The van der Waals surface area contributed by atoms with Crippen molar-refractivity contribution in [3.05, 3.63) is 62.8 Å². The second kappa shape index (κ2) is 6.54. The van der Waals surface area contributed by atoms with Crippen molar-refractivity contribution in [2.45, 2.75) is 12.5 Å². The molecule has 0 saturated carbocycles. The average Bonchev–Trinajstić information content (AvgIpc) is 2.41. The Kier molecular flexibility index (Phi) is 4.99. The number of anilines is 1. The molecule has 0 radical (unpaired) electrons. The lowest BCUT2D eigenvalue weighted by atomic mass is 9.98. The summed E-state index contributed by atoms with van der Waals surface area (Å²) in [6, 6.07) is 9.90. The molecule has 1 unspecified atom stereocenters. The van der Waals surface area contributed by atoms with E-state index in [0.29, 0.717) is 21.6 Å². The van der Waals surface area contributed by atoms with E-state index >= 15 is 0 Å². The first kappa shape index (κ1) is 15.3. The van der Waals surface area contributed by atoms with E-state index in [1.807, 2.05) is 12.1 Å². The molecule has 0 aliphatic carbocycles. The van der Waals surface area contributed by atoms with Crippen LogP contribution in [0.4, 0.5) is 10.1 Å². The molecule has 20 heavy (non-hydrogen) atoms. The Morgan fingerprint density at radius 2 is 2.05 bits per heavy atom. The van der Waals surface area contributed by atoms with Gasteiger partial charge in [-0.15, -0.1) is 0 Å². The highest BCUT2D eigenvalue weighted by Gasteiger charge is 2.16. The van der Waals surface area contributed by atoms with Crippen LogP contribution in [0, 0.1) is 5.82 Å². The number of benzene rings is 2. The Morgan fingerprint density at radius 3 is 2.70 bits per heavy atom. The number of nitrogen functional groups attached to an aromatic ring is 1. The van der Waals surface area contributed by atoms with Crippen LogP contribution in [0.25, 0.3) is 0 Å². The van der Waals surface area contributed by atoms with E-state index < -0.39 is 0 Å². The van der Waals surface area contributed by atoms with Gasteiger partial charge in [-0.1, -0.05) is 29.8 Å². The SMILES string of the molecule is NNC(Cc1cccc(F)c1Br)c1ccc(Cl)cc1N. The largest absolute Gasteiger partial charge is 0.398 e. The molecule has 2 aromatic carbocycles. The Morgan fingerprint density at radius 1 is 1.30 bits per heavy atom. The number of hydrogen-bond acceptors (Lipinski definition) is 3. The Labute approximate surface area is 130 Å². The fourth-order valence-corrected chi connectivity index (χ4v) is 2.65. The van der Waals surface area contributed by atoms with E-state index in [-0.39, 0.29) is 11.9 Å². The molecule has 106 valence electrons. The molecule has 0 spiro atoms. The van der Waals surface area contributed by atoms with Gasteiger partial charge in [0.25, 0.3) is 0 Å². The predicted octanol–water partition coefficient (Wildman–Crippen LogP) is 3.57. The average molecular weight is 359 g/mol. The minimum atomic E-state index is -0.303. The molecule has 0 bridgehead atoms. The third-order valence-electron chi connectivity index (χ3n) is 3.08. The van der Waals surface area contributed by atoms with Crippen molar-refractivity contribution >= 4 is 33.2 Å². The molecule has 3 nitrogen and oxygen atoms in total. The van der Waals surface area contributed by atoms with Gasteiger partial charge in [-0.05, 0) is 51.7 Å². The smallest absolute Gasteiger partial charge is 0.137 e. The fraction of sp³-hybridized carbons (Fsp3) is 0.143. The zero-order chi connectivity index (χ0) is 14.7. The van der Waals surface area contributed by atoms with E-state index in [2.05, 4.69) is 21.4 Å². The van der Waals surface area contributed by atoms with Crippen LogP contribution in [0.5, 0.6) is 0 Å².